The zero-order chi connectivity index (χ0) is 16.7. The van der Waals surface area contributed by atoms with Crippen LogP contribution in [0.1, 0.15) is 11.1 Å². The number of thioether (sulfide) groups is 1. The largest absolute Gasteiger partial charge is 0.326 e. The van der Waals surface area contributed by atoms with Crippen molar-refractivity contribution < 1.29 is 9.69 Å². The number of amides is 1. The minimum Gasteiger partial charge on any atom is -0.326 e. The molecule has 0 heterocycles. The van der Waals surface area contributed by atoms with Crippen molar-refractivity contribution in [1.29, 1.82) is 5.26 Å². The van der Waals surface area contributed by atoms with Gasteiger partial charge in [0.15, 0.2) is 6.54 Å². The molecule has 0 spiro atoms. The van der Waals surface area contributed by atoms with Crippen molar-refractivity contribution >= 4 is 23.4 Å². The summed E-state index contributed by atoms with van der Waals surface area (Å²) in [5.41, 5.74) is 2.51. The van der Waals surface area contributed by atoms with Gasteiger partial charge in [-0.25, -0.2) is 0 Å². The molecule has 0 saturated carbocycles. The summed E-state index contributed by atoms with van der Waals surface area (Å²) < 4.78 is 0. The van der Waals surface area contributed by atoms with Crippen LogP contribution < -0.4 is 10.2 Å². The Kier molecular flexibility index (Phi) is 6.21. The first kappa shape index (κ1) is 17.1. The van der Waals surface area contributed by atoms with Crippen LogP contribution in [0.4, 0.5) is 5.69 Å². The molecule has 23 heavy (non-hydrogen) atoms. The molecule has 0 saturated heterocycles. The Labute approximate surface area is 141 Å². The fourth-order valence-corrected chi connectivity index (χ4v) is 2.67. The number of anilines is 1. The van der Waals surface area contributed by atoms with E-state index >= 15 is 0 Å². The lowest BCUT2D eigenvalue weighted by atomic mass is 10.2. The van der Waals surface area contributed by atoms with E-state index < -0.39 is 0 Å². The van der Waals surface area contributed by atoms with Gasteiger partial charge in [-0.3, -0.25) is 4.79 Å². The topological polar surface area (TPSA) is 57.3 Å². The molecular weight excluding hydrogens is 306 g/mol. The van der Waals surface area contributed by atoms with Gasteiger partial charge in [0.25, 0.3) is 5.91 Å². The summed E-state index contributed by atoms with van der Waals surface area (Å²) in [5, 5.41) is 11.6. The van der Waals surface area contributed by atoms with Gasteiger partial charge in [0, 0.05) is 16.1 Å². The van der Waals surface area contributed by atoms with Crippen molar-refractivity contribution in [1.82, 2.24) is 0 Å². The lowest BCUT2D eigenvalue weighted by Gasteiger charge is -2.14. The molecule has 0 aliphatic heterocycles. The Balaban J connectivity index is 1.84. The Morgan fingerprint density at radius 2 is 1.83 bits per heavy atom. The molecule has 2 aromatic rings. The number of nitrogens with zero attached hydrogens (tertiary/aromatic N) is 1. The number of quaternary nitrogens is 1. The van der Waals surface area contributed by atoms with E-state index in [4.69, 9.17) is 5.26 Å². The van der Waals surface area contributed by atoms with Crippen LogP contribution in [0.15, 0.2) is 53.4 Å². The molecule has 2 aromatic carbocycles. The molecule has 2 N–H and O–H groups in total. The first-order valence-electron chi connectivity index (χ1n) is 7.35. The number of benzene rings is 2. The van der Waals surface area contributed by atoms with Gasteiger partial charge in [0.1, 0.15) is 6.54 Å². The number of nitrogens with one attached hydrogen (secondary N) is 2. The average molecular weight is 326 g/mol. The third-order valence-electron chi connectivity index (χ3n) is 3.43. The molecule has 1 amide bonds. The van der Waals surface area contributed by atoms with E-state index in [9.17, 15) is 4.79 Å². The fraction of sp³-hybridized carbons (Fsp3) is 0.222. The van der Waals surface area contributed by atoms with Gasteiger partial charge in [0.2, 0.25) is 0 Å². The number of carbonyl (C=O) groups is 1. The van der Waals surface area contributed by atoms with Crippen molar-refractivity contribution in [3.05, 3.63) is 59.7 Å². The molecular formula is C18H20N3OS+. The molecule has 2 rings (SSSR count). The predicted octanol–water partition coefficient (Wildman–Crippen LogP) is 1.93. The second kappa shape index (κ2) is 8.37. The predicted molar refractivity (Wildman–Crippen MR) is 93.5 cm³/mol. The molecule has 0 radical (unpaired) electrons. The highest BCUT2D eigenvalue weighted by molar-refractivity contribution is 7.98. The van der Waals surface area contributed by atoms with Crippen molar-refractivity contribution in [2.45, 2.75) is 11.4 Å². The summed E-state index contributed by atoms with van der Waals surface area (Å²) in [4.78, 5) is 14.4. The van der Waals surface area contributed by atoms with E-state index in [1.54, 1.807) is 36.0 Å². The van der Waals surface area contributed by atoms with E-state index in [-0.39, 0.29) is 5.91 Å². The second-order valence-electron chi connectivity index (χ2n) is 5.40. The van der Waals surface area contributed by atoms with Crippen LogP contribution in [0.5, 0.6) is 0 Å². The van der Waals surface area contributed by atoms with Crippen LogP contribution in [-0.2, 0) is 11.3 Å². The highest BCUT2D eigenvalue weighted by Gasteiger charge is 2.11. The standard InChI is InChI=1S/C18H19N3OS/c1-21(12-15-5-9-17(23-2)10-6-15)13-18(22)20-16-7-3-14(11-19)4-8-16/h3-10H,12-13H2,1-2H3,(H,20,22)/p+1. The minimum atomic E-state index is -0.0343. The lowest BCUT2D eigenvalue weighted by Crippen LogP contribution is -3.08. The Bertz CT molecular complexity index is 690. The van der Waals surface area contributed by atoms with Gasteiger partial charge in [-0.15, -0.1) is 11.8 Å². The normalized spacial score (nSPS) is 11.5. The molecule has 4 nitrogen and oxygen atoms in total. The lowest BCUT2D eigenvalue weighted by molar-refractivity contribution is -0.885. The highest BCUT2D eigenvalue weighted by Crippen LogP contribution is 2.14. The van der Waals surface area contributed by atoms with E-state index in [2.05, 4.69) is 41.9 Å². The fourth-order valence-electron chi connectivity index (χ4n) is 2.26. The van der Waals surface area contributed by atoms with E-state index in [1.807, 2.05) is 7.05 Å². The number of carbonyl (C=O) groups excluding carboxylic acids is 1. The van der Waals surface area contributed by atoms with Crippen molar-refractivity contribution in [2.75, 3.05) is 25.2 Å². The number of nitriles is 1. The van der Waals surface area contributed by atoms with Crippen molar-refractivity contribution in [2.24, 2.45) is 0 Å². The molecule has 1 atom stereocenters. The maximum absolute atomic E-state index is 12.1. The smallest absolute Gasteiger partial charge is 0.279 e. The van der Waals surface area contributed by atoms with Gasteiger partial charge in [0.05, 0.1) is 18.7 Å². The van der Waals surface area contributed by atoms with Crippen molar-refractivity contribution in [3.8, 4) is 6.07 Å². The zero-order valence-electron chi connectivity index (χ0n) is 13.3. The first-order chi connectivity index (χ1) is 11.1. The minimum absolute atomic E-state index is 0.0343. The summed E-state index contributed by atoms with van der Waals surface area (Å²) in [6, 6.07) is 17.3. The zero-order valence-corrected chi connectivity index (χ0v) is 14.1. The quantitative estimate of drug-likeness (QED) is 0.798. The van der Waals surface area contributed by atoms with Crippen LogP contribution >= 0.6 is 11.8 Å². The highest BCUT2D eigenvalue weighted by atomic mass is 32.2. The number of hydrogen-bond donors (Lipinski definition) is 2. The van der Waals surface area contributed by atoms with Gasteiger partial charge in [-0.2, -0.15) is 5.26 Å². The second-order valence-corrected chi connectivity index (χ2v) is 6.28. The van der Waals surface area contributed by atoms with Crippen molar-refractivity contribution in [3.63, 3.8) is 0 Å². The van der Waals surface area contributed by atoms with Gasteiger partial charge in [-0.05, 0) is 42.7 Å². The summed E-state index contributed by atoms with van der Waals surface area (Å²) in [7, 11) is 2.00. The molecule has 0 aromatic heterocycles. The maximum atomic E-state index is 12.1. The molecule has 118 valence electrons. The SMILES string of the molecule is CSc1ccc(C[NH+](C)CC(=O)Nc2ccc(C#N)cc2)cc1. The number of likely N-dealkylation sites (N-methyl/N-ethyl adjacent to an activating group) is 1. The first-order valence-corrected chi connectivity index (χ1v) is 8.57. The summed E-state index contributed by atoms with van der Waals surface area (Å²) in [6.45, 7) is 1.19. The molecule has 0 aliphatic carbocycles. The summed E-state index contributed by atoms with van der Waals surface area (Å²) >= 11 is 1.72. The molecule has 1 unspecified atom stereocenters. The van der Waals surface area contributed by atoms with Crippen LogP contribution in [-0.4, -0.2) is 25.8 Å². The van der Waals surface area contributed by atoms with Crippen LogP contribution in [0.3, 0.4) is 0 Å². The van der Waals surface area contributed by atoms with E-state index in [0.29, 0.717) is 17.8 Å². The maximum Gasteiger partial charge on any atom is 0.279 e. The monoisotopic (exact) mass is 326 g/mol. The number of hydrogen-bond acceptors (Lipinski definition) is 3. The molecule has 0 bridgehead atoms. The van der Waals surface area contributed by atoms with E-state index in [0.717, 1.165) is 11.4 Å². The molecule has 0 fully saturated rings. The summed E-state index contributed by atoms with van der Waals surface area (Å²) in [5.74, 6) is -0.0343. The number of rotatable bonds is 6. The van der Waals surface area contributed by atoms with E-state index in [1.165, 1.54) is 10.5 Å². The van der Waals surface area contributed by atoms with Gasteiger partial charge < -0.3 is 10.2 Å². The third kappa shape index (κ3) is 5.44. The third-order valence-corrected chi connectivity index (χ3v) is 4.17. The Hall–Kier alpha value is -2.29. The van der Waals surface area contributed by atoms with Crippen LogP contribution in [0.25, 0.3) is 0 Å². The average Bonchev–Trinajstić information content (AvgIpc) is 2.56. The van der Waals surface area contributed by atoms with Gasteiger partial charge >= 0.3 is 0 Å². The Morgan fingerprint density at radius 3 is 2.39 bits per heavy atom. The van der Waals surface area contributed by atoms with Crippen LogP contribution in [0, 0.1) is 11.3 Å². The van der Waals surface area contributed by atoms with Crippen LogP contribution in [0.2, 0.25) is 0 Å². The molecule has 0 aliphatic rings. The summed E-state index contributed by atoms with van der Waals surface area (Å²) in [6.07, 6.45) is 2.06. The Morgan fingerprint density at radius 1 is 1.17 bits per heavy atom. The van der Waals surface area contributed by atoms with Gasteiger partial charge in [-0.1, -0.05) is 12.1 Å². The molecule has 5 heteroatoms.